The molecule has 0 aromatic heterocycles. The fourth-order valence-corrected chi connectivity index (χ4v) is 3.50. The molecule has 138 valence electrons. The second kappa shape index (κ2) is 8.11. The third kappa shape index (κ3) is 4.19. The van der Waals surface area contributed by atoms with E-state index in [0.29, 0.717) is 0 Å². The molecular weight excluding hydrogens is 346 g/mol. The molecular formula is C21H26ClN3O. The monoisotopic (exact) mass is 371 g/mol. The Hall–Kier alpha value is -2.04. The molecule has 0 radical (unpaired) electrons. The molecule has 1 fully saturated rings. The zero-order valence-corrected chi connectivity index (χ0v) is 16.5. The maximum absolute atomic E-state index is 12.1. The van der Waals surface area contributed by atoms with Crippen molar-refractivity contribution in [1.29, 1.82) is 0 Å². The smallest absolute Gasteiger partial charge is 0.319 e. The number of urea groups is 1. The van der Waals surface area contributed by atoms with Gasteiger partial charge in [0.05, 0.1) is 0 Å². The fourth-order valence-electron chi connectivity index (χ4n) is 3.32. The zero-order chi connectivity index (χ0) is 18.7. The Balaban J connectivity index is 1.72. The molecule has 0 N–H and O–H groups in total. The molecule has 1 saturated heterocycles. The van der Waals surface area contributed by atoms with Gasteiger partial charge in [-0.25, -0.2) is 4.79 Å². The van der Waals surface area contributed by atoms with Crippen molar-refractivity contribution in [3.63, 3.8) is 0 Å². The van der Waals surface area contributed by atoms with Gasteiger partial charge in [0.25, 0.3) is 0 Å². The van der Waals surface area contributed by atoms with Crippen molar-refractivity contribution >= 4 is 17.6 Å². The van der Waals surface area contributed by atoms with Crippen LogP contribution in [0.2, 0.25) is 5.02 Å². The van der Waals surface area contributed by atoms with E-state index in [4.69, 9.17) is 11.6 Å². The highest BCUT2D eigenvalue weighted by molar-refractivity contribution is 6.31. The Morgan fingerprint density at radius 2 is 1.77 bits per heavy atom. The van der Waals surface area contributed by atoms with E-state index in [1.165, 1.54) is 11.1 Å². The average Bonchev–Trinajstić information content (AvgIpc) is 2.64. The summed E-state index contributed by atoms with van der Waals surface area (Å²) in [5, 5.41) is 0.799. The summed E-state index contributed by atoms with van der Waals surface area (Å²) in [7, 11) is 3.61. The van der Waals surface area contributed by atoms with E-state index in [-0.39, 0.29) is 6.03 Å². The van der Waals surface area contributed by atoms with Crippen LogP contribution in [0.15, 0.2) is 42.5 Å². The molecule has 1 aliphatic rings. The van der Waals surface area contributed by atoms with E-state index < -0.39 is 0 Å². The minimum Gasteiger partial charge on any atom is -0.331 e. The number of carbonyl (C=O) groups excluding carboxylic acids is 1. The van der Waals surface area contributed by atoms with E-state index in [1.54, 1.807) is 19.0 Å². The summed E-state index contributed by atoms with van der Waals surface area (Å²) in [5.41, 5.74) is 4.76. The number of piperazine rings is 1. The predicted molar refractivity (Wildman–Crippen MR) is 108 cm³/mol. The molecule has 0 spiro atoms. The summed E-state index contributed by atoms with van der Waals surface area (Å²) in [5.74, 6) is 0. The van der Waals surface area contributed by atoms with Gasteiger partial charge in [-0.3, -0.25) is 4.90 Å². The normalized spacial score (nSPS) is 15.2. The third-order valence-electron chi connectivity index (χ3n) is 4.92. The Labute approximate surface area is 161 Å². The Morgan fingerprint density at radius 1 is 1.08 bits per heavy atom. The average molecular weight is 372 g/mol. The Kier molecular flexibility index (Phi) is 5.84. The lowest BCUT2D eigenvalue weighted by Crippen LogP contribution is -2.51. The molecule has 0 bridgehead atoms. The highest BCUT2D eigenvalue weighted by atomic mass is 35.5. The molecule has 2 amide bonds. The number of benzene rings is 2. The summed E-state index contributed by atoms with van der Waals surface area (Å²) < 4.78 is 0. The molecule has 0 unspecified atom stereocenters. The number of aryl methyl sites for hydroxylation is 1. The largest absolute Gasteiger partial charge is 0.331 e. The highest BCUT2D eigenvalue weighted by Gasteiger charge is 2.22. The van der Waals surface area contributed by atoms with Crippen LogP contribution < -0.4 is 0 Å². The molecule has 3 rings (SSSR count). The van der Waals surface area contributed by atoms with Crippen LogP contribution in [0.4, 0.5) is 4.79 Å². The summed E-state index contributed by atoms with van der Waals surface area (Å²) >= 11 is 6.33. The second-order valence-electron chi connectivity index (χ2n) is 7.06. The molecule has 5 heteroatoms. The molecule has 26 heavy (non-hydrogen) atoms. The van der Waals surface area contributed by atoms with Gasteiger partial charge in [-0.15, -0.1) is 0 Å². The van der Waals surface area contributed by atoms with Crippen molar-refractivity contribution in [2.45, 2.75) is 13.5 Å². The predicted octanol–water partition coefficient (Wildman–Crippen LogP) is 4.11. The van der Waals surface area contributed by atoms with Crippen LogP contribution in [-0.2, 0) is 6.54 Å². The third-order valence-corrected chi connectivity index (χ3v) is 5.33. The van der Waals surface area contributed by atoms with Crippen LogP contribution in [0.3, 0.4) is 0 Å². The zero-order valence-electron chi connectivity index (χ0n) is 15.7. The fraction of sp³-hybridized carbons (Fsp3) is 0.381. The van der Waals surface area contributed by atoms with Crippen molar-refractivity contribution < 1.29 is 4.79 Å². The SMILES string of the molecule is Cc1ccc(-c2ccccc2CN2CCN(C(=O)N(C)C)CC2)cc1Cl. The van der Waals surface area contributed by atoms with E-state index in [9.17, 15) is 4.79 Å². The number of rotatable bonds is 3. The lowest BCUT2D eigenvalue weighted by atomic mass is 9.98. The molecule has 4 nitrogen and oxygen atoms in total. The van der Waals surface area contributed by atoms with Crippen LogP contribution in [0.5, 0.6) is 0 Å². The number of carbonyl (C=O) groups is 1. The summed E-state index contributed by atoms with van der Waals surface area (Å²) in [6, 6.07) is 14.8. The molecule has 0 aliphatic carbocycles. The van der Waals surface area contributed by atoms with E-state index in [0.717, 1.165) is 48.9 Å². The standard InChI is InChI=1S/C21H26ClN3O/c1-16-8-9-17(14-20(16)22)19-7-5-4-6-18(19)15-24-10-12-25(13-11-24)21(26)23(2)3/h4-9,14H,10-13,15H2,1-3H3. The van der Waals surface area contributed by atoms with Crippen LogP contribution in [0.1, 0.15) is 11.1 Å². The summed E-state index contributed by atoms with van der Waals surface area (Å²) in [4.78, 5) is 18.1. The molecule has 2 aromatic carbocycles. The van der Waals surface area contributed by atoms with Gasteiger partial charge in [-0.1, -0.05) is 48.0 Å². The van der Waals surface area contributed by atoms with Crippen molar-refractivity contribution in [1.82, 2.24) is 14.7 Å². The topological polar surface area (TPSA) is 26.8 Å². The summed E-state index contributed by atoms with van der Waals surface area (Å²) in [6.45, 7) is 6.23. The lowest BCUT2D eigenvalue weighted by molar-refractivity contribution is 0.120. The quantitative estimate of drug-likeness (QED) is 0.811. The minimum atomic E-state index is 0.0966. The van der Waals surface area contributed by atoms with Gasteiger partial charge < -0.3 is 9.80 Å². The Bertz CT molecular complexity index is 783. The van der Waals surface area contributed by atoms with Crippen molar-refractivity contribution in [2.24, 2.45) is 0 Å². The van der Waals surface area contributed by atoms with Crippen molar-refractivity contribution in [3.05, 3.63) is 58.6 Å². The van der Waals surface area contributed by atoms with Crippen LogP contribution in [-0.4, -0.2) is 61.0 Å². The molecule has 1 aliphatic heterocycles. The lowest BCUT2D eigenvalue weighted by Gasteiger charge is -2.36. The maximum atomic E-state index is 12.1. The van der Waals surface area contributed by atoms with Gasteiger partial charge in [-0.05, 0) is 35.2 Å². The first-order valence-electron chi connectivity index (χ1n) is 8.98. The van der Waals surface area contributed by atoms with Gasteiger partial charge in [-0.2, -0.15) is 0 Å². The van der Waals surface area contributed by atoms with E-state index in [2.05, 4.69) is 41.3 Å². The van der Waals surface area contributed by atoms with E-state index in [1.807, 2.05) is 17.9 Å². The number of hydrogen-bond donors (Lipinski definition) is 0. The summed E-state index contributed by atoms with van der Waals surface area (Å²) in [6.07, 6.45) is 0. The number of amides is 2. The van der Waals surface area contributed by atoms with Crippen molar-refractivity contribution in [3.8, 4) is 11.1 Å². The molecule has 0 atom stereocenters. The number of hydrogen-bond acceptors (Lipinski definition) is 2. The van der Waals surface area contributed by atoms with E-state index >= 15 is 0 Å². The first kappa shape index (κ1) is 18.7. The van der Waals surface area contributed by atoms with Crippen LogP contribution >= 0.6 is 11.6 Å². The molecule has 1 heterocycles. The first-order chi connectivity index (χ1) is 12.5. The molecule has 0 saturated carbocycles. The van der Waals surface area contributed by atoms with Gasteiger partial charge in [0.2, 0.25) is 0 Å². The van der Waals surface area contributed by atoms with Gasteiger partial charge in [0, 0.05) is 51.8 Å². The van der Waals surface area contributed by atoms with Gasteiger partial charge >= 0.3 is 6.03 Å². The highest BCUT2D eigenvalue weighted by Crippen LogP contribution is 2.29. The first-order valence-corrected chi connectivity index (χ1v) is 9.36. The number of halogens is 1. The maximum Gasteiger partial charge on any atom is 0.319 e. The van der Waals surface area contributed by atoms with Crippen molar-refractivity contribution in [2.75, 3.05) is 40.3 Å². The second-order valence-corrected chi connectivity index (χ2v) is 7.47. The Morgan fingerprint density at radius 3 is 2.42 bits per heavy atom. The van der Waals surface area contributed by atoms with Crippen LogP contribution in [0.25, 0.3) is 11.1 Å². The van der Waals surface area contributed by atoms with Gasteiger partial charge in [0.1, 0.15) is 0 Å². The molecule has 2 aromatic rings. The minimum absolute atomic E-state index is 0.0966. The number of nitrogens with zero attached hydrogens (tertiary/aromatic N) is 3. The van der Waals surface area contributed by atoms with Gasteiger partial charge in [0.15, 0.2) is 0 Å². The van der Waals surface area contributed by atoms with Crippen LogP contribution in [0, 0.1) is 6.92 Å².